The first-order chi connectivity index (χ1) is 15.5. The molecule has 1 fully saturated rings. The summed E-state index contributed by atoms with van der Waals surface area (Å²) in [4.78, 5) is 49.4. The summed E-state index contributed by atoms with van der Waals surface area (Å²) in [6.07, 6.45) is 3.09. The SMILES string of the molecule is CC(C)(C)OC(=O)N[C@@H](CC(=O)OC1CCCCC1)C(=O)N[C@@H](Cc1ccccc1)C(=O)O. The second-order valence-corrected chi connectivity index (χ2v) is 9.24. The molecule has 2 rings (SSSR count). The number of carbonyl (C=O) groups is 4. The zero-order valence-electron chi connectivity index (χ0n) is 19.5. The van der Waals surface area contributed by atoms with Gasteiger partial charge in [-0.05, 0) is 52.0 Å². The lowest BCUT2D eigenvalue weighted by Crippen LogP contribution is -2.53. The van der Waals surface area contributed by atoms with Crippen molar-refractivity contribution in [1.29, 1.82) is 0 Å². The molecule has 9 heteroatoms. The predicted octanol–water partition coefficient (Wildman–Crippen LogP) is 2.96. The molecule has 33 heavy (non-hydrogen) atoms. The minimum absolute atomic E-state index is 0.0492. The molecule has 2 amide bonds. The van der Waals surface area contributed by atoms with Crippen LogP contribution in [0.15, 0.2) is 30.3 Å². The maximum atomic E-state index is 12.9. The predicted molar refractivity (Wildman–Crippen MR) is 120 cm³/mol. The van der Waals surface area contributed by atoms with Gasteiger partial charge in [0.1, 0.15) is 23.8 Å². The molecule has 1 aromatic carbocycles. The van der Waals surface area contributed by atoms with Crippen molar-refractivity contribution in [3.8, 4) is 0 Å². The standard InChI is InChI=1S/C24H34N2O7/c1-24(2,3)33-23(31)26-18(15-20(27)32-17-12-8-5-9-13-17)21(28)25-19(22(29)30)14-16-10-6-4-7-11-16/h4,6-7,10-11,17-19H,5,8-9,12-15H2,1-3H3,(H,25,28)(H,26,31)(H,29,30)/t18-,19-/m0/s1. The van der Waals surface area contributed by atoms with E-state index in [1.54, 1.807) is 51.1 Å². The quantitative estimate of drug-likeness (QED) is 0.481. The Kier molecular flexibility index (Phi) is 9.69. The van der Waals surface area contributed by atoms with Gasteiger partial charge < -0.3 is 25.2 Å². The second kappa shape index (κ2) is 12.2. The Bertz CT molecular complexity index is 814. The summed E-state index contributed by atoms with van der Waals surface area (Å²) < 4.78 is 10.7. The van der Waals surface area contributed by atoms with Crippen LogP contribution in [-0.4, -0.2) is 52.8 Å². The Labute approximate surface area is 194 Å². The van der Waals surface area contributed by atoms with Gasteiger partial charge in [-0.25, -0.2) is 9.59 Å². The molecule has 182 valence electrons. The van der Waals surface area contributed by atoms with Crippen LogP contribution >= 0.6 is 0 Å². The monoisotopic (exact) mass is 462 g/mol. The number of rotatable bonds is 9. The van der Waals surface area contributed by atoms with Crippen molar-refractivity contribution in [2.24, 2.45) is 0 Å². The van der Waals surface area contributed by atoms with Crippen LogP contribution in [0.4, 0.5) is 4.79 Å². The maximum Gasteiger partial charge on any atom is 0.408 e. The molecular formula is C24H34N2O7. The normalized spacial score (nSPS) is 16.2. The molecule has 0 unspecified atom stereocenters. The highest BCUT2D eigenvalue weighted by Crippen LogP contribution is 2.21. The highest BCUT2D eigenvalue weighted by molar-refractivity contribution is 5.92. The van der Waals surface area contributed by atoms with E-state index >= 15 is 0 Å². The number of alkyl carbamates (subject to hydrolysis) is 1. The van der Waals surface area contributed by atoms with E-state index in [1.165, 1.54) is 0 Å². The number of hydrogen-bond donors (Lipinski definition) is 3. The molecule has 0 aromatic heterocycles. The molecule has 0 spiro atoms. The highest BCUT2D eigenvalue weighted by Gasteiger charge is 2.31. The van der Waals surface area contributed by atoms with Crippen molar-refractivity contribution < 1.29 is 33.8 Å². The summed E-state index contributed by atoms with van der Waals surface area (Å²) >= 11 is 0. The third-order valence-corrected chi connectivity index (χ3v) is 5.13. The molecule has 0 aliphatic heterocycles. The first-order valence-corrected chi connectivity index (χ1v) is 11.3. The molecule has 3 N–H and O–H groups in total. The second-order valence-electron chi connectivity index (χ2n) is 9.24. The average Bonchev–Trinajstić information content (AvgIpc) is 2.72. The van der Waals surface area contributed by atoms with Crippen LogP contribution in [0, 0.1) is 0 Å². The van der Waals surface area contributed by atoms with Gasteiger partial charge in [0.2, 0.25) is 5.91 Å². The Morgan fingerprint density at radius 2 is 1.64 bits per heavy atom. The van der Waals surface area contributed by atoms with Crippen molar-refractivity contribution in [1.82, 2.24) is 10.6 Å². The molecule has 0 radical (unpaired) electrons. The summed E-state index contributed by atoms with van der Waals surface area (Å²) in [7, 11) is 0. The van der Waals surface area contributed by atoms with E-state index in [0.717, 1.165) is 37.7 Å². The van der Waals surface area contributed by atoms with E-state index in [9.17, 15) is 24.3 Å². The minimum Gasteiger partial charge on any atom is -0.480 e. The van der Waals surface area contributed by atoms with Gasteiger partial charge in [0.25, 0.3) is 0 Å². The number of ether oxygens (including phenoxy) is 2. The van der Waals surface area contributed by atoms with Crippen LogP contribution in [0.1, 0.15) is 64.9 Å². The molecule has 1 aromatic rings. The topological polar surface area (TPSA) is 131 Å². The van der Waals surface area contributed by atoms with Crippen LogP contribution in [-0.2, 0) is 30.3 Å². The largest absolute Gasteiger partial charge is 0.480 e. The maximum absolute atomic E-state index is 12.9. The Balaban J connectivity index is 2.08. The van der Waals surface area contributed by atoms with Gasteiger partial charge in [0.05, 0.1) is 6.42 Å². The molecule has 0 heterocycles. The van der Waals surface area contributed by atoms with Gasteiger partial charge in [-0.15, -0.1) is 0 Å². The van der Waals surface area contributed by atoms with Gasteiger partial charge >= 0.3 is 18.0 Å². The number of hydrogen-bond acceptors (Lipinski definition) is 6. The summed E-state index contributed by atoms with van der Waals surface area (Å²) in [6, 6.07) is 6.26. The lowest BCUT2D eigenvalue weighted by molar-refractivity contribution is -0.152. The van der Waals surface area contributed by atoms with Crippen LogP contribution in [0.3, 0.4) is 0 Å². The zero-order chi connectivity index (χ0) is 24.4. The Morgan fingerprint density at radius 3 is 2.21 bits per heavy atom. The van der Waals surface area contributed by atoms with Crippen LogP contribution < -0.4 is 10.6 Å². The van der Waals surface area contributed by atoms with Crippen LogP contribution in [0.5, 0.6) is 0 Å². The Morgan fingerprint density at radius 1 is 1.00 bits per heavy atom. The number of esters is 1. The van der Waals surface area contributed by atoms with E-state index in [1.807, 2.05) is 0 Å². The fourth-order valence-corrected chi connectivity index (χ4v) is 3.56. The van der Waals surface area contributed by atoms with E-state index in [2.05, 4.69) is 10.6 Å². The van der Waals surface area contributed by atoms with Gasteiger partial charge in [-0.1, -0.05) is 36.8 Å². The van der Waals surface area contributed by atoms with Gasteiger partial charge in [-0.2, -0.15) is 0 Å². The summed E-state index contributed by atoms with van der Waals surface area (Å²) in [5, 5.41) is 14.4. The lowest BCUT2D eigenvalue weighted by Gasteiger charge is -2.25. The molecule has 2 atom stereocenters. The molecule has 9 nitrogen and oxygen atoms in total. The average molecular weight is 463 g/mol. The number of amides is 2. The molecule has 0 saturated heterocycles. The smallest absolute Gasteiger partial charge is 0.408 e. The van der Waals surface area contributed by atoms with Gasteiger partial charge in [-0.3, -0.25) is 9.59 Å². The van der Waals surface area contributed by atoms with Crippen molar-refractivity contribution in [2.45, 2.75) is 89.5 Å². The van der Waals surface area contributed by atoms with Crippen LogP contribution in [0.25, 0.3) is 0 Å². The minimum atomic E-state index is -1.34. The molecule has 1 aliphatic rings. The first-order valence-electron chi connectivity index (χ1n) is 11.3. The number of nitrogens with one attached hydrogen (secondary N) is 2. The zero-order valence-corrected chi connectivity index (χ0v) is 19.5. The van der Waals surface area contributed by atoms with Crippen LogP contribution in [0.2, 0.25) is 0 Å². The highest BCUT2D eigenvalue weighted by atomic mass is 16.6. The van der Waals surface area contributed by atoms with Crippen molar-refractivity contribution in [2.75, 3.05) is 0 Å². The van der Waals surface area contributed by atoms with E-state index in [-0.39, 0.29) is 12.5 Å². The Hall–Kier alpha value is -3.10. The van der Waals surface area contributed by atoms with E-state index in [0.29, 0.717) is 0 Å². The van der Waals surface area contributed by atoms with E-state index in [4.69, 9.17) is 9.47 Å². The lowest BCUT2D eigenvalue weighted by atomic mass is 9.98. The van der Waals surface area contributed by atoms with Gasteiger partial charge in [0.15, 0.2) is 0 Å². The number of benzene rings is 1. The molecule has 1 saturated carbocycles. The number of aliphatic carboxylic acids is 1. The summed E-state index contributed by atoms with van der Waals surface area (Å²) in [6.45, 7) is 5.00. The summed E-state index contributed by atoms with van der Waals surface area (Å²) in [5.41, 5.74) is -0.0940. The van der Waals surface area contributed by atoms with Gasteiger partial charge in [0, 0.05) is 6.42 Å². The summed E-state index contributed by atoms with van der Waals surface area (Å²) in [5.74, 6) is -2.66. The third kappa shape index (κ3) is 9.93. The van der Waals surface area contributed by atoms with Crippen molar-refractivity contribution >= 4 is 23.9 Å². The number of carboxylic acid groups (broad SMARTS) is 1. The van der Waals surface area contributed by atoms with E-state index < -0.39 is 48.0 Å². The molecule has 1 aliphatic carbocycles. The number of carbonyl (C=O) groups excluding carboxylic acids is 3. The van der Waals surface area contributed by atoms with Crippen molar-refractivity contribution in [3.05, 3.63) is 35.9 Å². The molecular weight excluding hydrogens is 428 g/mol. The molecule has 0 bridgehead atoms. The fourth-order valence-electron chi connectivity index (χ4n) is 3.56. The first kappa shape index (κ1) is 26.2. The number of carboxylic acids is 1. The fraction of sp³-hybridized carbons (Fsp3) is 0.583. The third-order valence-electron chi connectivity index (χ3n) is 5.13. The van der Waals surface area contributed by atoms with Crippen molar-refractivity contribution in [3.63, 3.8) is 0 Å².